The summed E-state index contributed by atoms with van der Waals surface area (Å²) in [5.74, 6) is -0.0783. The van der Waals surface area contributed by atoms with E-state index in [1.807, 2.05) is 24.3 Å². The van der Waals surface area contributed by atoms with Gasteiger partial charge in [0.05, 0.1) is 29.9 Å². The molecule has 5 saturated heterocycles. The zero-order valence-corrected chi connectivity index (χ0v) is 58.5. The molecular formula is C73H108F2N16O7. The van der Waals surface area contributed by atoms with E-state index in [0.29, 0.717) is 114 Å². The zero-order chi connectivity index (χ0) is 69.1. The Bertz CT molecular complexity index is 3270. The Balaban J connectivity index is 0.550. The number of carbonyl (C=O) groups excluding carboxylic acids is 7. The molecule has 3 aliphatic carbocycles. The molecule has 8 aliphatic rings. The van der Waals surface area contributed by atoms with E-state index in [4.69, 9.17) is 0 Å². The van der Waals surface area contributed by atoms with E-state index in [9.17, 15) is 33.6 Å². The van der Waals surface area contributed by atoms with Crippen molar-refractivity contribution in [2.45, 2.75) is 191 Å². The fourth-order valence-corrected chi connectivity index (χ4v) is 16.7. The van der Waals surface area contributed by atoms with Crippen LogP contribution in [0.5, 0.6) is 0 Å². The number of halogens is 2. The first-order chi connectivity index (χ1) is 47.2. The predicted molar refractivity (Wildman–Crippen MR) is 373 cm³/mol. The van der Waals surface area contributed by atoms with Crippen LogP contribution in [-0.4, -0.2) is 212 Å². The van der Waals surface area contributed by atoms with Crippen molar-refractivity contribution in [1.82, 2.24) is 66.8 Å². The van der Waals surface area contributed by atoms with Crippen LogP contribution in [0, 0.1) is 34.8 Å². The number of benzene rings is 2. The highest BCUT2D eigenvalue weighted by molar-refractivity contribution is 5.94. The van der Waals surface area contributed by atoms with Crippen molar-refractivity contribution in [2.24, 2.45) is 23.2 Å². The molecule has 7 fully saturated rings. The summed E-state index contributed by atoms with van der Waals surface area (Å²) in [6.45, 7) is 14.8. The van der Waals surface area contributed by atoms with Gasteiger partial charge in [-0.25, -0.2) is 18.7 Å². The number of likely N-dealkylation sites (N-methyl/N-ethyl adjacent to an activating group) is 2. The minimum absolute atomic E-state index is 0.00136. The number of nitrogens with one attached hydrogen (secondary N) is 8. The van der Waals surface area contributed by atoms with Crippen LogP contribution in [0.1, 0.15) is 159 Å². The lowest BCUT2D eigenvalue weighted by atomic mass is 9.82. The van der Waals surface area contributed by atoms with Gasteiger partial charge in [-0.15, -0.1) is 0 Å². The summed E-state index contributed by atoms with van der Waals surface area (Å²) >= 11 is 0. The van der Waals surface area contributed by atoms with Crippen LogP contribution in [0.25, 0.3) is 0 Å². The van der Waals surface area contributed by atoms with E-state index in [1.54, 1.807) is 23.8 Å². The molecule has 23 nitrogen and oxygen atoms in total. The van der Waals surface area contributed by atoms with Gasteiger partial charge in [0.2, 0.25) is 41.4 Å². The van der Waals surface area contributed by atoms with Crippen LogP contribution in [0.2, 0.25) is 0 Å². The van der Waals surface area contributed by atoms with Crippen molar-refractivity contribution in [3.63, 3.8) is 0 Å². The number of carbonyl (C=O) groups is 7. The van der Waals surface area contributed by atoms with E-state index in [1.165, 1.54) is 24.0 Å². The minimum atomic E-state index is -0.854. The maximum atomic E-state index is 15.8. The smallest absolute Gasteiger partial charge is 0.246 e. The third kappa shape index (κ3) is 18.7. The van der Waals surface area contributed by atoms with E-state index in [0.717, 1.165) is 115 Å². The molecule has 2 saturated carbocycles. The summed E-state index contributed by atoms with van der Waals surface area (Å²) in [6, 6.07) is 10.1. The van der Waals surface area contributed by atoms with Gasteiger partial charge in [-0.05, 0) is 158 Å². The highest BCUT2D eigenvalue weighted by Crippen LogP contribution is 2.41. The zero-order valence-electron chi connectivity index (χ0n) is 58.5. The second-order valence-electron chi connectivity index (χ2n) is 30.4. The molecule has 6 heterocycles. The first-order valence-corrected chi connectivity index (χ1v) is 36.7. The molecule has 0 bridgehead atoms. The number of hydrogen-bond acceptors (Lipinski definition) is 16. The van der Waals surface area contributed by atoms with E-state index in [2.05, 4.69) is 99.1 Å². The fraction of sp³-hybridized carbons (Fsp3) is 0.685. The predicted octanol–water partition coefficient (Wildman–Crippen LogP) is 5.15. The molecule has 2 aromatic carbocycles. The van der Waals surface area contributed by atoms with E-state index in [-0.39, 0.29) is 96.8 Å². The van der Waals surface area contributed by atoms with E-state index >= 15 is 8.78 Å². The summed E-state index contributed by atoms with van der Waals surface area (Å²) in [5, 5.41) is 25.0. The quantitative estimate of drug-likeness (QED) is 0.0459. The van der Waals surface area contributed by atoms with Gasteiger partial charge in [0.1, 0.15) is 41.7 Å². The molecule has 8 atom stereocenters. The number of piperazine rings is 1. The second-order valence-corrected chi connectivity index (χ2v) is 30.4. The van der Waals surface area contributed by atoms with Gasteiger partial charge < -0.3 is 67.0 Å². The average molecular weight is 1360 g/mol. The molecule has 536 valence electrons. The number of hydrogen-bond donors (Lipinski definition) is 8. The molecule has 1 spiro atoms. The largest absolute Gasteiger partial charge is 0.370 e. The minimum Gasteiger partial charge on any atom is -0.370 e. The van der Waals surface area contributed by atoms with Crippen LogP contribution < -0.4 is 52.3 Å². The molecule has 5 aliphatic heterocycles. The number of amides is 7. The van der Waals surface area contributed by atoms with Crippen LogP contribution in [-0.2, 0) is 46.5 Å². The molecule has 25 heteroatoms. The van der Waals surface area contributed by atoms with Crippen molar-refractivity contribution in [2.75, 3.05) is 121 Å². The SMILES string of the molecule is CN[C@@H](C)C(=O)N[C@H](C(=O)N1C[C@@H](NC(=O)CCC(=O)NCCN(C)[C@@H]2C[C@@H]3CN(CCC(=O)NCCCNc4cc(N5CCC6(CC5)CN(c5cc(F)c(CN7CCC(C)(C)CC7)cc5F)CC(=O)N6)ncn4)C[C@@H]3C2)C[C@H]1C(=O)NC1CCCc2ccccc21)C1CCCCC1. The average Bonchev–Trinajstić information content (AvgIpc) is 0.936. The Morgan fingerprint density at radius 2 is 1.49 bits per heavy atom. The summed E-state index contributed by atoms with van der Waals surface area (Å²) in [4.78, 5) is 117. The number of rotatable bonds is 27. The van der Waals surface area contributed by atoms with Gasteiger partial charge in [-0.1, -0.05) is 57.4 Å². The van der Waals surface area contributed by atoms with Crippen molar-refractivity contribution < 1.29 is 42.3 Å². The topological polar surface area (TPSA) is 261 Å². The third-order valence-electron chi connectivity index (χ3n) is 22.9. The second kappa shape index (κ2) is 32.9. The maximum absolute atomic E-state index is 15.8. The van der Waals surface area contributed by atoms with Crippen molar-refractivity contribution >= 4 is 58.7 Å². The highest BCUT2D eigenvalue weighted by Gasteiger charge is 2.47. The molecule has 0 radical (unpaired) electrons. The Kier molecular flexibility index (Phi) is 24.3. The summed E-state index contributed by atoms with van der Waals surface area (Å²) in [6.07, 6.45) is 15.4. The summed E-state index contributed by atoms with van der Waals surface area (Å²) < 4.78 is 31.3. The number of fused-ring (bicyclic) bond motifs is 2. The lowest BCUT2D eigenvalue weighted by Crippen LogP contribution is -2.66. The highest BCUT2D eigenvalue weighted by atomic mass is 19.1. The Morgan fingerprint density at radius 3 is 2.24 bits per heavy atom. The van der Waals surface area contributed by atoms with Crippen molar-refractivity contribution in [1.29, 1.82) is 0 Å². The molecule has 7 amide bonds. The van der Waals surface area contributed by atoms with E-state index < -0.39 is 41.3 Å². The lowest BCUT2D eigenvalue weighted by molar-refractivity contribution is -0.143. The normalized spacial score (nSPS) is 24.7. The van der Waals surface area contributed by atoms with Gasteiger partial charge in [0.25, 0.3) is 0 Å². The number of anilines is 3. The van der Waals surface area contributed by atoms with Crippen LogP contribution in [0.3, 0.4) is 0 Å². The van der Waals surface area contributed by atoms with Crippen molar-refractivity contribution in [3.8, 4) is 0 Å². The molecule has 11 rings (SSSR count). The first kappa shape index (κ1) is 72.2. The van der Waals surface area contributed by atoms with Crippen molar-refractivity contribution in [3.05, 3.63) is 77.1 Å². The van der Waals surface area contributed by atoms with Gasteiger partial charge in [0.15, 0.2) is 0 Å². The van der Waals surface area contributed by atoms with Crippen LogP contribution in [0.4, 0.5) is 26.1 Å². The molecule has 1 unspecified atom stereocenters. The fourth-order valence-electron chi connectivity index (χ4n) is 16.7. The number of aromatic nitrogens is 2. The summed E-state index contributed by atoms with van der Waals surface area (Å²) in [5.41, 5.74) is 2.41. The van der Waals surface area contributed by atoms with Crippen LogP contribution in [0.15, 0.2) is 48.8 Å². The van der Waals surface area contributed by atoms with Gasteiger partial charge in [-0.2, -0.15) is 0 Å². The third-order valence-corrected chi connectivity index (χ3v) is 22.9. The van der Waals surface area contributed by atoms with Gasteiger partial charge in [0, 0.05) is 128 Å². The Labute approximate surface area is 577 Å². The molecule has 8 N–H and O–H groups in total. The first-order valence-electron chi connectivity index (χ1n) is 36.7. The standard InChI is InChI=1S/C73H108F2N16O7/c1-48(76-4)69(96)84-68(50-14-7-6-8-15-50)71(98)91-44-54(38-61(91)70(97)83-59-18-11-16-49-13-9-10-17-56(49)59)82-66(94)20-19-64(92)79-28-34-86(5)55-35-51-41-88(42-52(51)36-55)29-21-65(93)78-27-12-26-77-62-40-63(81-47-80-62)89-32-24-73(25-33-89)46-90(45-67(95)85-73)60-39-57(74)53(37-58(60)75)43-87-30-22-72(2,3)23-31-87/h9-10,13,17,37,39-40,47-48,50-52,54-55,59,61,68,76H,6-8,11-12,14-16,18-36,38,41-46H2,1-5H3,(H,78,93)(H,79,92)(H,82,94)(H,83,97)(H,84,96)(H,85,95)(H,77,80,81)/t48-,51-,52+,54-,55-,59?,61-,68-/m0/s1. The maximum Gasteiger partial charge on any atom is 0.246 e. The van der Waals surface area contributed by atoms with Crippen LogP contribution >= 0.6 is 0 Å². The Morgan fingerprint density at radius 1 is 0.765 bits per heavy atom. The number of likely N-dealkylation sites (tertiary alicyclic amines) is 3. The molecule has 1 aromatic heterocycles. The number of aryl methyl sites for hydroxylation is 1. The lowest BCUT2D eigenvalue weighted by Gasteiger charge is -2.48. The van der Waals surface area contributed by atoms with Gasteiger partial charge in [-0.3, -0.25) is 38.5 Å². The number of piperidine rings is 2. The Hall–Kier alpha value is -7.09. The molecule has 98 heavy (non-hydrogen) atoms. The molecular weight excluding hydrogens is 1250 g/mol. The molecule has 3 aromatic rings. The monoisotopic (exact) mass is 1360 g/mol. The number of nitrogens with zero attached hydrogens (tertiary/aromatic N) is 8. The summed E-state index contributed by atoms with van der Waals surface area (Å²) in [7, 11) is 3.80. The van der Waals surface area contributed by atoms with Gasteiger partial charge >= 0.3 is 0 Å².